The fourth-order valence-electron chi connectivity index (χ4n) is 3.71. The van der Waals surface area contributed by atoms with Gasteiger partial charge in [-0.05, 0) is 24.1 Å². The van der Waals surface area contributed by atoms with E-state index in [0.29, 0.717) is 24.0 Å². The third kappa shape index (κ3) is 2.87. The molecule has 0 bridgehead atoms. The molecule has 0 spiro atoms. The van der Waals surface area contributed by atoms with Crippen molar-refractivity contribution in [2.75, 3.05) is 0 Å². The molecule has 1 fully saturated rings. The number of ether oxygens (including phenoxy) is 1. The van der Waals surface area contributed by atoms with Crippen LogP contribution in [0.2, 0.25) is 0 Å². The summed E-state index contributed by atoms with van der Waals surface area (Å²) in [5.74, 6) is -0.985. The van der Waals surface area contributed by atoms with E-state index in [9.17, 15) is 30.3 Å². The lowest BCUT2D eigenvalue weighted by atomic mass is 9.90. The van der Waals surface area contributed by atoms with E-state index in [-0.39, 0.29) is 46.6 Å². The number of amides is 1. The van der Waals surface area contributed by atoms with E-state index < -0.39 is 18.2 Å². The van der Waals surface area contributed by atoms with E-state index in [4.69, 9.17) is 4.74 Å². The molecule has 1 unspecified atom stereocenters. The fraction of sp³-hybridized carbons (Fsp3) is 0.316. The first-order valence-electron chi connectivity index (χ1n) is 8.58. The van der Waals surface area contributed by atoms with Gasteiger partial charge in [0.1, 0.15) is 23.4 Å². The van der Waals surface area contributed by atoms with Crippen molar-refractivity contribution in [1.82, 2.24) is 5.32 Å². The molecule has 27 heavy (non-hydrogen) atoms. The SMILES string of the molecule is O=C1CCC(c2c(O)cc3c(c2O)C[C@@H](O)[C@@H](c2ccc(O)c(O)c2)O3)N1. The van der Waals surface area contributed by atoms with Gasteiger partial charge in [0, 0.05) is 24.5 Å². The summed E-state index contributed by atoms with van der Waals surface area (Å²) in [7, 11) is 0. The topological polar surface area (TPSA) is 139 Å². The number of aromatic hydroxyl groups is 4. The Kier molecular flexibility index (Phi) is 4.00. The molecule has 142 valence electrons. The number of aliphatic hydroxyl groups is 1. The molecule has 0 aromatic heterocycles. The normalized spacial score (nSPS) is 24.2. The molecule has 2 heterocycles. The number of aliphatic hydroxyl groups excluding tert-OH is 1. The molecular weight excluding hydrogens is 354 g/mol. The predicted molar refractivity (Wildman–Crippen MR) is 92.7 cm³/mol. The summed E-state index contributed by atoms with van der Waals surface area (Å²) in [5, 5.41) is 53.3. The van der Waals surface area contributed by atoms with E-state index in [1.165, 1.54) is 24.3 Å². The van der Waals surface area contributed by atoms with Crippen molar-refractivity contribution >= 4 is 5.91 Å². The Balaban J connectivity index is 1.70. The molecule has 0 saturated carbocycles. The number of hydrogen-bond donors (Lipinski definition) is 6. The fourth-order valence-corrected chi connectivity index (χ4v) is 3.71. The summed E-state index contributed by atoms with van der Waals surface area (Å²) in [4.78, 5) is 11.5. The summed E-state index contributed by atoms with van der Waals surface area (Å²) < 4.78 is 5.78. The zero-order chi connectivity index (χ0) is 19.3. The molecule has 2 aliphatic rings. The van der Waals surface area contributed by atoms with Crippen LogP contribution in [-0.4, -0.2) is 37.5 Å². The molecule has 2 aliphatic heterocycles. The van der Waals surface area contributed by atoms with Gasteiger partial charge in [-0.2, -0.15) is 0 Å². The molecule has 6 N–H and O–H groups in total. The van der Waals surface area contributed by atoms with Gasteiger partial charge in [0.2, 0.25) is 5.91 Å². The van der Waals surface area contributed by atoms with Crippen LogP contribution in [0.1, 0.15) is 41.7 Å². The number of benzene rings is 2. The van der Waals surface area contributed by atoms with Crippen molar-refractivity contribution in [3.8, 4) is 28.7 Å². The quantitative estimate of drug-likeness (QED) is 0.438. The molecule has 2 aromatic rings. The van der Waals surface area contributed by atoms with Crippen LogP contribution in [0.5, 0.6) is 28.7 Å². The number of phenols is 4. The number of rotatable bonds is 2. The number of fused-ring (bicyclic) bond motifs is 1. The van der Waals surface area contributed by atoms with Crippen molar-refractivity contribution in [1.29, 1.82) is 0 Å². The van der Waals surface area contributed by atoms with Gasteiger partial charge in [0.25, 0.3) is 0 Å². The summed E-state index contributed by atoms with van der Waals surface area (Å²) >= 11 is 0. The highest BCUT2D eigenvalue weighted by molar-refractivity contribution is 5.79. The minimum Gasteiger partial charge on any atom is -0.507 e. The molecular formula is C19H19NO7. The van der Waals surface area contributed by atoms with Crippen LogP contribution in [0.25, 0.3) is 0 Å². The monoisotopic (exact) mass is 373 g/mol. The summed E-state index contributed by atoms with van der Waals surface area (Å²) in [6.45, 7) is 0. The van der Waals surface area contributed by atoms with Gasteiger partial charge >= 0.3 is 0 Å². The van der Waals surface area contributed by atoms with Gasteiger partial charge in [0.15, 0.2) is 11.5 Å². The average molecular weight is 373 g/mol. The molecule has 3 atom stereocenters. The Morgan fingerprint density at radius 1 is 1.04 bits per heavy atom. The average Bonchev–Trinajstić information content (AvgIpc) is 3.04. The van der Waals surface area contributed by atoms with E-state index in [2.05, 4.69) is 5.32 Å². The first kappa shape index (κ1) is 17.3. The van der Waals surface area contributed by atoms with E-state index in [1.54, 1.807) is 0 Å². The highest BCUT2D eigenvalue weighted by Gasteiger charge is 2.36. The van der Waals surface area contributed by atoms with Crippen LogP contribution in [0.4, 0.5) is 0 Å². The van der Waals surface area contributed by atoms with Gasteiger partial charge in [0.05, 0.1) is 17.7 Å². The highest BCUT2D eigenvalue weighted by Crippen LogP contribution is 2.48. The van der Waals surface area contributed by atoms with Crippen LogP contribution in [0.3, 0.4) is 0 Å². The second-order valence-corrected chi connectivity index (χ2v) is 6.85. The maximum absolute atomic E-state index is 11.5. The van der Waals surface area contributed by atoms with Crippen molar-refractivity contribution in [2.24, 2.45) is 0 Å². The van der Waals surface area contributed by atoms with Crippen LogP contribution >= 0.6 is 0 Å². The number of hydrogen-bond acceptors (Lipinski definition) is 7. The lowest BCUT2D eigenvalue weighted by Gasteiger charge is -2.32. The molecule has 1 amide bonds. The first-order chi connectivity index (χ1) is 12.8. The largest absolute Gasteiger partial charge is 0.507 e. The smallest absolute Gasteiger partial charge is 0.220 e. The lowest BCUT2D eigenvalue weighted by molar-refractivity contribution is -0.119. The van der Waals surface area contributed by atoms with E-state index in [0.717, 1.165) is 0 Å². The minimum absolute atomic E-state index is 0.0570. The Hall–Kier alpha value is -3.13. The summed E-state index contributed by atoms with van der Waals surface area (Å²) in [6.07, 6.45) is -1.05. The molecule has 0 radical (unpaired) electrons. The van der Waals surface area contributed by atoms with Crippen LogP contribution < -0.4 is 10.1 Å². The van der Waals surface area contributed by atoms with Crippen LogP contribution in [0, 0.1) is 0 Å². The Labute approximate surface area is 154 Å². The Morgan fingerprint density at radius 2 is 1.81 bits per heavy atom. The van der Waals surface area contributed by atoms with E-state index in [1.807, 2.05) is 0 Å². The molecule has 8 nitrogen and oxygen atoms in total. The molecule has 4 rings (SSSR count). The van der Waals surface area contributed by atoms with Gasteiger partial charge < -0.3 is 35.6 Å². The van der Waals surface area contributed by atoms with Crippen molar-refractivity contribution in [3.63, 3.8) is 0 Å². The molecule has 2 aromatic carbocycles. The minimum atomic E-state index is -1.03. The van der Waals surface area contributed by atoms with Crippen LogP contribution in [-0.2, 0) is 11.2 Å². The van der Waals surface area contributed by atoms with Crippen molar-refractivity contribution in [2.45, 2.75) is 37.5 Å². The Morgan fingerprint density at radius 3 is 2.48 bits per heavy atom. The number of nitrogens with one attached hydrogen (secondary N) is 1. The van der Waals surface area contributed by atoms with Gasteiger partial charge in [-0.25, -0.2) is 0 Å². The predicted octanol–water partition coefficient (Wildman–Crippen LogP) is 1.50. The highest BCUT2D eigenvalue weighted by atomic mass is 16.5. The zero-order valence-corrected chi connectivity index (χ0v) is 14.2. The zero-order valence-electron chi connectivity index (χ0n) is 14.2. The van der Waals surface area contributed by atoms with Crippen molar-refractivity contribution < 1.29 is 35.1 Å². The van der Waals surface area contributed by atoms with Gasteiger partial charge in [-0.1, -0.05) is 6.07 Å². The lowest BCUT2D eigenvalue weighted by Crippen LogP contribution is -2.30. The van der Waals surface area contributed by atoms with E-state index >= 15 is 0 Å². The van der Waals surface area contributed by atoms with Crippen LogP contribution in [0.15, 0.2) is 24.3 Å². The summed E-state index contributed by atoms with van der Waals surface area (Å²) in [5.41, 5.74) is 1.00. The Bertz CT molecular complexity index is 927. The number of phenolic OH excluding ortho intramolecular Hbond substituents is 4. The molecule has 1 saturated heterocycles. The second-order valence-electron chi connectivity index (χ2n) is 6.85. The second kappa shape index (κ2) is 6.24. The first-order valence-corrected chi connectivity index (χ1v) is 8.58. The van der Waals surface area contributed by atoms with Gasteiger partial charge in [-0.3, -0.25) is 4.79 Å². The maximum atomic E-state index is 11.5. The number of carbonyl (C=O) groups excluding carboxylic acids is 1. The number of carbonyl (C=O) groups is 1. The summed E-state index contributed by atoms with van der Waals surface area (Å²) in [6, 6.07) is 4.95. The molecule has 8 heteroatoms. The van der Waals surface area contributed by atoms with Gasteiger partial charge in [-0.15, -0.1) is 0 Å². The molecule has 0 aliphatic carbocycles. The third-order valence-electron chi connectivity index (χ3n) is 5.07. The van der Waals surface area contributed by atoms with Crippen molar-refractivity contribution in [3.05, 3.63) is 41.0 Å². The maximum Gasteiger partial charge on any atom is 0.220 e. The third-order valence-corrected chi connectivity index (χ3v) is 5.07. The standard InChI is InChI=1S/C19H19NO7/c21-11-3-1-8(5-12(11)22)19-14(24)6-9-15(27-19)7-13(23)17(18(9)26)10-2-4-16(25)20-10/h1,3,5,7,10,14,19,21-24,26H,2,4,6H2,(H,20,25)/t10?,14-,19-/m1/s1.